The van der Waals surface area contributed by atoms with Crippen molar-refractivity contribution in [3.8, 4) is 0 Å². The van der Waals surface area contributed by atoms with Gasteiger partial charge < -0.3 is 9.30 Å². The minimum Gasteiger partial charge on any atom is -0.462 e. The maximum absolute atomic E-state index is 11.9. The smallest absolute Gasteiger partial charge is 0.316 e. The Morgan fingerprint density at radius 3 is 2.84 bits per heavy atom. The summed E-state index contributed by atoms with van der Waals surface area (Å²) >= 11 is 3.19. The molecule has 1 aliphatic carbocycles. The molecule has 0 bridgehead atoms. The molecule has 5 nitrogen and oxygen atoms in total. The highest BCUT2D eigenvalue weighted by Crippen LogP contribution is 2.33. The second-order valence-corrected chi connectivity index (χ2v) is 8.62. The van der Waals surface area contributed by atoms with Crippen molar-refractivity contribution in [1.29, 1.82) is 0 Å². The van der Waals surface area contributed by atoms with E-state index < -0.39 is 0 Å². The Bertz CT molecular complexity index is 677. The summed E-state index contributed by atoms with van der Waals surface area (Å²) in [6.07, 6.45) is 6.86. The van der Waals surface area contributed by atoms with Crippen LogP contribution in [0.1, 0.15) is 62.7 Å². The highest BCUT2D eigenvalue weighted by Gasteiger charge is 2.24. The summed E-state index contributed by atoms with van der Waals surface area (Å²) in [6, 6.07) is 4.65. The van der Waals surface area contributed by atoms with Gasteiger partial charge in [-0.05, 0) is 38.1 Å². The molecule has 0 N–H and O–H groups in total. The van der Waals surface area contributed by atoms with E-state index in [1.807, 2.05) is 13.8 Å². The number of rotatable bonds is 7. The van der Waals surface area contributed by atoms with E-state index in [1.54, 1.807) is 11.3 Å². The summed E-state index contributed by atoms with van der Waals surface area (Å²) in [6.45, 7) is 3.73. The van der Waals surface area contributed by atoms with Crippen LogP contribution in [-0.2, 0) is 16.0 Å². The van der Waals surface area contributed by atoms with E-state index in [0.29, 0.717) is 6.04 Å². The quantitative estimate of drug-likeness (QED) is 0.524. The van der Waals surface area contributed by atoms with Crippen LogP contribution in [-0.4, -0.2) is 32.6 Å². The average Bonchev–Trinajstić information content (AvgIpc) is 3.23. The molecule has 0 atom stereocenters. The zero-order valence-electron chi connectivity index (χ0n) is 14.8. The van der Waals surface area contributed by atoms with Crippen molar-refractivity contribution in [3.63, 3.8) is 0 Å². The van der Waals surface area contributed by atoms with Gasteiger partial charge in [-0.1, -0.05) is 37.1 Å². The molecule has 0 unspecified atom stereocenters. The Morgan fingerprint density at radius 2 is 2.16 bits per heavy atom. The lowest BCUT2D eigenvalue weighted by Gasteiger charge is -2.25. The molecule has 0 aliphatic heterocycles. The van der Waals surface area contributed by atoms with E-state index in [1.165, 1.54) is 48.7 Å². The van der Waals surface area contributed by atoms with Gasteiger partial charge in [0.1, 0.15) is 5.82 Å². The zero-order valence-corrected chi connectivity index (χ0v) is 16.4. The number of ether oxygens (including phenoxy) is 1. The van der Waals surface area contributed by atoms with Crippen LogP contribution >= 0.6 is 23.1 Å². The van der Waals surface area contributed by atoms with Gasteiger partial charge in [0.25, 0.3) is 0 Å². The summed E-state index contributed by atoms with van der Waals surface area (Å²) in [4.78, 5) is 13.2. The average molecular weight is 380 g/mol. The molecule has 0 aromatic carbocycles. The molecule has 2 aromatic heterocycles. The molecular weight excluding hydrogens is 354 g/mol. The summed E-state index contributed by atoms with van der Waals surface area (Å²) < 4.78 is 7.52. The van der Waals surface area contributed by atoms with Crippen molar-refractivity contribution < 1.29 is 9.53 Å². The van der Waals surface area contributed by atoms with Gasteiger partial charge in [-0.15, -0.1) is 21.5 Å². The molecule has 1 saturated carbocycles. The highest BCUT2D eigenvalue weighted by atomic mass is 32.2. The maximum atomic E-state index is 11.9. The molecule has 0 amide bonds. The van der Waals surface area contributed by atoms with E-state index >= 15 is 0 Å². The van der Waals surface area contributed by atoms with Crippen LogP contribution in [0.25, 0.3) is 0 Å². The molecule has 7 heteroatoms. The molecule has 0 radical (unpaired) electrons. The maximum Gasteiger partial charge on any atom is 0.316 e. The first-order valence-corrected chi connectivity index (χ1v) is 10.8. The molecule has 3 rings (SSSR count). The van der Waals surface area contributed by atoms with Crippen molar-refractivity contribution >= 4 is 29.1 Å². The second-order valence-electron chi connectivity index (χ2n) is 6.64. The number of hydrogen-bond donors (Lipinski definition) is 0. The van der Waals surface area contributed by atoms with Gasteiger partial charge in [0.05, 0.1) is 11.9 Å². The van der Waals surface area contributed by atoms with E-state index in [0.717, 1.165) is 17.4 Å². The summed E-state index contributed by atoms with van der Waals surface area (Å²) in [5, 5.41) is 11.8. The molecule has 2 heterocycles. The number of thioether (sulfide) groups is 1. The van der Waals surface area contributed by atoms with Crippen LogP contribution in [0.3, 0.4) is 0 Å². The van der Waals surface area contributed by atoms with Crippen molar-refractivity contribution in [2.75, 3.05) is 5.75 Å². The summed E-state index contributed by atoms with van der Waals surface area (Å²) in [5.41, 5.74) is 0. The fourth-order valence-corrected chi connectivity index (χ4v) is 4.73. The Balaban J connectivity index is 1.76. The van der Waals surface area contributed by atoms with Crippen molar-refractivity contribution in [2.24, 2.45) is 0 Å². The predicted octanol–water partition coefficient (Wildman–Crippen LogP) is 4.48. The van der Waals surface area contributed by atoms with Gasteiger partial charge in [0.15, 0.2) is 5.16 Å². The second kappa shape index (κ2) is 8.85. The van der Waals surface area contributed by atoms with Crippen LogP contribution in [0, 0.1) is 0 Å². The molecule has 25 heavy (non-hydrogen) atoms. The largest absolute Gasteiger partial charge is 0.462 e. The molecule has 1 aliphatic rings. The lowest BCUT2D eigenvalue weighted by atomic mass is 9.95. The third-order valence-electron chi connectivity index (χ3n) is 4.27. The lowest BCUT2D eigenvalue weighted by Crippen LogP contribution is -2.18. The SMILES string of the molecule is CC(C)OC(=O)CSc1nnc(Cc2cccs2)n1C1CCCCC1. The Labute approximate surface area is 157 Å². The van der Waals surface area contributed by atoms with Crippen LogP contribution in [0.15, 0.2) is 22.7 Å². The molecule has 0 spiro atoms. The van der Waals surface area contributed by atoms with Crippen LogP contribution in [0.2, 0.25) is 0 Å². The Kier molecular flexibility index (Phi) is 6.53. The predicted molar refractivity (Wildman–Crippen MR) is 101 cm³/mol. The fraction of sp³-hybridized carbons (Fsp3) is 0.611. The number of nitrogens with zero attached hydrogens (tertiary/aromatic N) is 3. The van der Waals surface area contributed by atoms with Gasteiger partial charge >= 0.3 is 5.97 Å². The first kappa shape index (κ1) is 18.5. The van der Waals surface area contributed by atoms with Crippen molar-refractivity contribution in [2.45, 2.75) is 69.7 Å². The van der Waals surface area contributed by atoms with Crippen LogP contribution in [0.4, 0.5) is 0 Å². The minimum atomic E-state index is -0.196. The molecule has 136 valence electrons. The van der Waals surface area contributed by atoms with Gasteiger partial charge in [0, 0.05) is 17.3 Å². The summed E-state index contributed by atoms with van der Waals surface area (Å²) in [7, 11) is 0. The third-order valence-corrected chi connectivity index (χ3v) is 6.07. The van der Waals surface area contributed by atoms with Crippen molar-refractivity contribution in [3.05, 3.63) is 28.2 Å². The number of aromatic nitrogens is 3. The number of carbonyl (C=O) groups is 1. The topological polar surface area (TPSA) is 57.0 Å². The third kappa shape index (κ3) is 5.07. The number of carbonyl (C=O) groups excluding carboxylic acids is 1. The molecule has 2 aromatic rings. The van der Waals surface area contributed by atoms with E-state index in [4.69, 9.17) is 4.74 Å². The standard InChI is InChI=1S/C18H25N3O2S2/c1-13(2)23-17(22)12-25-18-20-19-16(11-15-9-6-10-24-15)21(18)14-7-4-3-5-8-14/h6,9-10,13-14H,3-5,7-8,11-12H2,1-2H3. The first-order valence-electron chi connectivity index (χ1n) is 8.92. The zero-order chi connectivity index (χ0) is 17.6. The van der Waals surface area contributed by atoms with Gasteiger partial charge in [-0.3, -0.25) is 4.79 Å². The minimum absolute atomic E-state index is 0.0845. The van der Waals surface area contributed by atoms with Gasteiger partial charge in [-0.25, -0.2) is 0 Å². The van der Waals surface area contributed by atoms with E-state index in [-0.39, 0.29) is 17.8 Å². The monoisotopic (exact) mass is 379 g/mol. The first-order chi connectivity index (χ1) is 12.1. The van der Waals surface area contributed by atoms with Crippen LogP contribution < -0.4 is 0 Å². The van der Waals surface area contributed by atoms with Crippen molar-refractivity contribution in [1.82, 2.24) is 14.8 Å². The number of esters is 1. The highest BCUT2D eigenvalue weighted by molar-refractivity contribution is 7.99. The normalized spacial score (nSPS) is 15.6. The Hall–Kier alpha value is -1.34. The summed E-state index contributed by atoms with van der Waals surface area (Å²) in [5.74, 6) is 1.09. The van der Waals surface area contributed by atoms with E-state index in [9.17, 15) is 4.79 Å². The lowest BCUT2D eigenvalue weighted by molar-refractivity contribution is -0.144. The number of thiophene rings is 1. The van der Waals surface area contributed by atoms with Gasteiger partial charge in [0.2, 0.25) is 0 Å². The van der Waals surface area contributed by atoms with Gasteiger partial charge in [-0.2, -0.15) is 0 Å². The van der Waals surface area contributed by atoms with Crippen LogP contribution in [0.5, 0.6) is 0 Å². The molecular formula is C18H25N3O2S2. The molecule has 0 saturated heterocycles. The molecule has 1 fully saturated rings. The van der Waals surface area contributed by atoms with E-state index in [2.05, 4.69) is 32.3 Å². The Morgan fingerprint density at radius 1 is 1.36 bits per heavy atom. The number of hydrogen-bond acceptors (Lipinski definition) is 6. The fourth-order valence-electron chi connectivity index (χ4n) is 3.22.